The Bertz CT molecular complexity index is 863. The monoisotopic (exact) mass is 445 g/mol. The van der Waals surface area contributed by atoms with Crippen LogP contribution in [0, 0.1) is 18.3 Å². The first-order valence-corrected chi connectivity index (χ1v) is 10.2. The summed E-state index contributed by atoms with van der Waals surface area (Å²) in [6.45, 7) is 1.92. The summed E-state index contributed by atoms with van der Waals surface area (Å²) >= 11 is 4.87. The molecule has 2 aromatic carbocycles. The highest BCUT2D eigenvalue weighted by Crippen LogP contribution is 2.20. The largest absolute Gasteiger partial charge is 0.336 e. The number of nitriles is 1. The van der Waals surface area contributed by atoms with Crippen molar-refractivity contribution < 1.29 is 9.59 Å². The fraction of sp³-hybridized carbons (Fsp3) is 0.250. The predicted molar refractivity (Wildman–Crippen MR) is 112 cm³/mol. The third-order valence-corrected chi connectivity index (χ3v) is 5.33. The predicted octanol–water partition coefficient (Wildman–Crippen LogP) is 3.96. The van der Waals surface area contributed by atoms with Crippen molar-refractivity contribution in [3.05, 3.63) is 63.6 Å². The van der Waals surface area contributed by atoms with E-state index in [-0.39, 0.29) is 18.4 Å². The molecule has 0 bridgehead atoms. The van der Waals surface area contributed by atoms with Gasteiger partial charge in [-0.15, -0.1) is 11.8 Å². The number of rotatable bonds is 7. The molecule has 0 unspecified atom stereocenters. The van der Waals surface area contributed by atoms with E-state index in [0.717, 1.165) is 21.3 Å². The number of halogens is 1. The summed E-state index contributed by atoms with van der Waals surface area (Å²) in [4.78, 5) is 25.8. The second kappa shape index (κ2) is 10.1. The van der Waals surface area contributed by atoms with Crippen molar-refractivity contribution in [3.8, 4) is 6.07 Å². The standard InChI is InChI=1S/C20H20BrN3O2S/c1-14-9-17(21)7-8-18(14)23-19(25)11-24(2)20(26)13-27-12-16-5-3-15(10-22)4-6-16/h3-9H,11-13H2,1-2H3,(H,23,25). The minimum Gasteiger partial charge on any atom is -0.336 e. The maximum atomic E-state index is 12.2. The smallest absolute Gasteiger partial charge is 0.243 e. The molecule has 0 radical (unpaired) electrons. The van der Waals surface area contributed by atoms with Crippen LogP contribution >= 0.6 is 27.7 Å². The van der Waals surface area contributed by atoms with Gasteiger partial charge < -0.3 is 10.2 Å². The molecule has 0 saturated carbocycles. The van der Waals surface area contributed by atoms with Gasteiger partial charge in [0.15, 0.2) is 0 Å². The van der Waals surface area contributed by atoms with Gasteiger partial charge in [-0.25, -0.2) is 0 Å². The van der Waals surface area contributed by atoms with E-state index in [9.17, 15) is 9.59 Å². The number of likely N-dealkylation sites (N-methyl/N-ethyl adjacent to an activating group) is 1. The molecule has 2 rings (SSSR count). The van der Waals surface area contributed by atoms with Gasteiger partial charge >= 0.3 is 0 Å². The van der Waals surface area contributed by atoms with Crippen LogP contribution in [0.4, 0.5) is 5.69 Å². The highest BCUT2D eigenvalue weighted by Gasteiger charge is 2.14. The van der Waals surface area contributed by atoms with Crippen LogP contribution < -0.4 is 5.32 Å². The molecule has 27 heavy (non-hydrogen) atoms. The molecule has 0 spiro atoms. The van der Waals surface area contributed by atoms with Crippen molar-refractivity contribution in [2.45, 2.75) is 12.7 Å². The molecule has 140 valence electrons. The van der Waals surface area contributed by atoms with Crippen LogP contribution in [0.1, 0.15) is 16.7 Å². The van der Waals surface area contributed by atoms with Crippen LogP contribution in [0.2, 0.25) is 0 Å². The summed E-state index contributed by atoms with van der Waals surface area (Å²) < 4.78 is 0.949. The van der Waals surface area contributed by atoms with Crippen molar-refractivity contribution in [2.24, 2.45) is 0 Å². The van der Waals surface area contributed by atoms with Crippen molar-refractivity contribution in [3.63, 3.8) is 0 Å². The first-order chi connectivity index (χ1) is 12.9. The molecule has 7 heteroatoms. The Kier molecular flexibility index (Phi) is 7.89. The van der Waals surface area contributed by atoms with Gasteiger partial charge in [-0.2, -0.15) is 5.26 Å². The highest BCUT2D eigenvalue weighted by atomic mass is 79.9. The molecule has 0 aliphatic rings. The van der Waals surface area contributed by atoms with E-state index < -0.39 is 0 Å². The molecular weight excluding hydrogens is 426 g/mol. The first kappa shape index (κ1) is 21.0. The van der Waals surface area contributed by atoms with E-state index in [1.54, 1.807) is 19.2 Å². The first-order valence-electron chi connectivity index (χ1n) is 8.26. The lowest BCUT2D eigenvalue weighted by atomic mass is 10.2. The van der Waals surface area contributed by atoms with E-state index in [0.29, 0.717) is 17.1 Å². The SMILES string of the molecule is Cc1cc(Br)ccc1NC(=O)CN(C)C(=O)CSCc1ccc(C#N)cc1. The zero-order chi connectivity index (χ0) is 19.8. The number of nitrogens with zero attached hydrogens (tertiary/aromatic N) is 2. The van der Waals surface area contributed by atoms with Gasteiger partial charge in [0, 0.05) is 23.0 Å². The second-order valence-corrected chi connectivity index (χ2v) is 7.96. The van der Waals surface area contributed by atoms with E-state index in [2.05, 4.69) is 27.3 Å². The molecule has 0 aromatic heterocycles. The average Bonchev–Trinajstić information content (AvgIpc) is 2.64. The Balaban J connectivity index is 1.77. The van der Waals surface area contributed by atoms with Crippen LogP contribution in [0.15, 0.2) is 46.9 Å². The number of benzene rings is 2. The normalized spacial score (nSPS) is 10.1. The van der Waals surface area contributed by atoms with Crippen LogP contribution in [0.5, 0.6) is 0 Å². The van der Waals surface area contributed by atoms with Gasteiger partial charge in [-0.05, 0) is 48.4 Å². The molecular formula is C20H20BrN3O2S. The van der Waals surface area contributed by atoms with Gasteiger partial charge in [0.1, 0.15) is 0 Å². The van der Waals surface area contributed by atoms with Gasteiger partial charge in [-0.1, -0.05) is 28.1 Å². The molecule has 2 aromatic rings. The Morgan fingerprint density at radius 3 is 2.56 bits per heavy atom. The fourth-order valence-electron chi connectivity index (χ4n) is 2.30. The Morgan fingerprint density at radius 2 is 1.93 bits per heavy atom. The molecule has 0 heterocycles. The summed E-state index contributed by atoms with van der Waals surface area (Å²) in [5.41, 5.74) is 3.36. The number of hydrogen-bond donors (Lipinski definition) is 1. The maximum Gasteiger partial charge on any atom is 0.243 e. The van der Waals surface area contributed by atoms with Crippen molar-refractivity contribution in [1.29, 1.82) is 5.26 Å². The minimum atomic E-state index is -0.228. The highest BCUT2D eigenvalue weighted by molar-refractivity contribution is 9.10. The van der Waals surface area contributed by atoms with Gasteiger partial charge in [0.25, 0.3) is 0 Å². The minimum absolute atomic E-state index is 0.00572. The molecule has 5 nitrogen and oxygen atoms in total. The summed E-state index contributed by atoms with van der Waals surface area (Å²) in [5.74, 6) is 0.640. The molecule has 0 saturated heterocycles. The van der Waals surface area contributed by atoms with Crippen LogP contribution in [-0.4, -0.2) is 36.1 Å². The third kappa shape index (κ3) is 6.74. The molecule has 1 N–H and O–H groups in total. The van der Waals surface area contributed by atoms with Gasteiger partial charge in [-0.3, -0.25) is 9.59 Å². The molecule has 0 aliphatic carbocycles. The lowest BCUT2D eigenvalue weighted by molar-refractivity contribution is -0.131. The third-order valence-electron chi connectivity index (χ3n) is 3.85. The fourth-order valence-corrected chi connectivity index (χ4v) is 3.70. The zero-order valence-electron chi connectivity index (χ0n) is 15.2. The number of carbonyl (C=O) groups excluding carboxylic acids is 2. The Morgan fingerprint density at radius 1 is 1.22 bits per heavy atom. The summed E-state index contributed by atoms with van der Waals surface area (Å²) in [6, 6.07) is 15.0. The van der Waals surface area contributed by atoms with E-state index in [1.807, 2.05) is 37.3 Å². The quantitative estimate of drug-likeness (QED) is 0.699. The van der Waals surface area contributed by atoms with Crippen molar-refractivity contribution in [1.82, 2.24) is 4.90 Å². The average molecular weight is 446 g/mol. The number of anilines is 1. The lowest BCUT2D eigenvalue weighted by Gasteiger charge is -2.17. The number of thioether (sulfide) groups is 1. The van der Waals surface area contributed by atoms with Crippen LogP contribution in [-0.2, 0) is 15.3 Å². The summed E-state index contributed by atoms with van der Waals surface area (Å²) in [6.07, 6.45) is 0. The van der Waals surface area contributed by atoms with Crippen LogP contribution in [0.25, 0.3) is 0 Å². The van der Waals surface area contributed by atoms with Gasteiger partial charge in [0.2, 0.25) is 11.8 Å². The summed E-state index contributed by atoms with van der Waals surface area (Å²) in [5, 5.41) is 11.6. The topological polar surface area (TPSA) is 73.2 Å². The summed E-state index contributed by atoms with van der Waals surface area (Å²) in [7, 11) is 1.62. The molecule has 0 atom stereocenters. The van der Waals surface area contributed by atoms with Crippen molar-refractivity contribution in [2.75, 3.05) is 24.7 Å². The maximum absolute atomic E-state index is 12.2. The Hall–Kier alpha value is -2.30. The number of nitrogens with one attached hydrogen (secondary N) is 1. The van der Waals surface area contributed by atoms with E-state index in [1.165, 1.54) is 16.7 Å². The van der Waals surface area contributed by atoms with Gasteiger partial charge in [0.05, 0.1) is 23.9 Å². The number of amides is 2. The molecule has 0 aliphatic heterocycles. The van der Waals surface area contributed by atoms with E-state index in [4.69, 9.17) is 5.26 Å². The van der Waals surface area contributed by atoms with Crippen molar-refractivity contribution >= 4 is 45.2 Å². The van der Waals surface area contributed by atoms with E-state index >= 15 is 0 Å². The molecule has 2 amide bonds. The number of hydrogen-bond acceptors (Lipinski definition) is 4. The Labute approximate surface area is 171 Å². The molecule has 0 fully saturated rings. The zero-order valence-corrected chi connectivity index (χ0v) is 17.6. The van der Waals surface area contributed by atoms with Crippen LogP contribution in [0.3, 0.4) is 0 Å². The number of carbonyl (C=O) groups is 2. The number of aryl methyl sites for hydroxylation is 1. The lowest BCUT2D eigenvalue weighted by Crippen LogP contribution is -2.36. The second-order valence-electron chi connectivity index (χ2n) is 6.06.